The van der Waals surface area contributed by atoms with E-state index in [1.54, 1.807) is 0 Å². The SMILES string of the molecule is CC(C)(C)C1CCC(C2(N)N=C(N)NC(N)=N2)CC1. The van der Waals surface area contributed by atoms with Gasteiger partial charge in [-0.3, -0.25) is 11.1 Å². The molecule has 2 aliphatic rings. The maximum Gasteiger partial charge on any atom is 0.212 e. The first-order chi connectivity index (χ1) is 8.71. The molecule has 1 fully saturated rings. The fourth-order valence-corrected chi connectivity index (χ4v) is 3.16. The summed E-state index contributed by atoms with van der Waals surface area (Å²) in [5.74, 6) is 0.477. The largest absolute Gasteiger partial charge is 0.370 e. The van der Waals surface area contributed by atoms with Crippen LogP contribution in [-0.2, 0) is 0 Å². The van der Waals surface area contributed by atoms with Gasteiger partial charge < -0.3 is 11.5 Å². The Morgan fingerprint density at radius 1 is 1.05 bits per heavy atom. The van der Waals surface area contributed by atoms with E-state index in [4.69, 9.17) is 17.2 Å². The minimum absolute atomic E-state index is 0.213. The zero-order valence-electron chi connectivity index (χ0n) is 12.1. The van der Waals surface area contributed by atoms with E-state index >= 15 is 0 Å². The number of hydrogen-bond acceptors (Lipinski definition) is 6. The minimum Gasteiger partial charge on any atom is -0.370 e. The molecule has 0 spiro atoms. The Morgan fingerprint density at radius 2 is 1.53 bits per heavy atom. The van der Waals surface area contributed by atoms with Crippen molar-refractivity contribution in [2.24, 2.45) is 44.4 Å². The van der Waals surface area contributed by atoms with Gasteiger partial charge in [0, 0.05) is 5.92 Å². The van der Waals surface area contributed by atoms with Crippen molar-refractivity contribution in [1.82, 2.24) is 5.32 Å². The predicted octanol–water partition coefficient (Wildman–Crippen LogP) is 0.684. The quantitative estimate of drug-likeness (QED) is 0.558. The van der Waals surface area contributed by atoms with Crippen LogP contribution in [0.25, 0.3) is 0 Å². The molecule has 1 aliphatic carbocycles. The van der Waals surface area contributed by atoms with Crippen molar-refractivity contribution in [3.05, 3.63) is 0 Å². The van der Waals surface area contributed by atoms with Gasteiger partial charge in [0.15, 0.2) is 11.9 Å². The highest BCUT2D eigenvalue weighted by atomic mass is 15.4. The smallest absolute Gasteiger partial charge is 0.212 e. The van der Waals surface area contributed by atoms with E-state index in [1.165, 1.54) is 0 Å². The molecule has 0 amide bonds. The molecular formula is C13H26N6. The van der Waals surface area contributed by atoms with Crippen LogP contribution in [0.15, 0.2) is 9.98 Å². The summed E-state index contributed by atoms with van der Waals surface area (Å²) < 4.78 is 0. The topological polar surface area (TPSA) is 115 Å². The second kappa shape index (κ2) is 4.67. The molecule has 0 saturated heterocycles. The number of nitrogens with one attached hydrogen (secondary N) is 1. The lowest BCUT2D eigenvalue weighted by molar-refractivity contribution is 0.115. The molecule has 0 radical (unpaired) electrons. The Hall–Kier alpha value is -1.30. The van der Waals surface area contributed by atoms with Gasteiger partial charge >= 0.3 is 0 Å². The Labute approximate surface area is 114 Å². The summed E-state index contributed by atoms with van der Waals surface area (Å²) in [5.41, 5.74) is 18.1. The van der Waals surface area contributed by atoms with Crippen LogP contribution in [0.3, 0.4) is 0 Å². The van der Waals surface area contributed by atoms with Gasteiger partial charge in [0.25, 0.3) is 0 Å². The third-order valence-corrected chi connectivity index (χ3v) is 4.41. The standard InChI is InChI=1S/C13H26N6/c1-12(2,3)8-4-6-9(7-5-8)13(16)18-10(14)17-11(15)19-13/h8-9H,4-7,16H2,1-3H3,(H5,14,15,17,18,19). The van der Waals surface area contributed by atoms with Crippen LogP contribution < -0.4 is 22.5 Å². The summed E-state index contributed by atoms with van der Waals surface area (Å²) in [7, 11) is 0. The third-order valence-electron chi connectivity index (χ3n) is 4.41. The van der Waals surface area contributed by atoms with Gasteiger partial charge in [-0.15, -0.1) is 0 Å². The van der Waals surface area contributed by atoms with E-state index in [0.29, 0.717) is 5.41 Å². The fraction of sp³-hybridized carbons (Fsp3) is 0.846. The normalized spacial score (nSPS) is 31.2. The Morgan fingerprint density at radius 3 is 1.95 bits per heavy atom. The first kappa shape index (κ1) is 14.1. The average molecular weight is 266 g/mol. The third kappa shape index (κ3) is 3.00. The monoisotopic (exact) mass is 266 g/mol. The van der Waals surface area contributed by atoms with Crippen LogP contribution in [0.2, 0.25) is 0 Å². The van der Waals surface area contributed by atoms with Crippen LogP contribution in [0.4, 0.5) is 0 Å². The fourth-order valence-electron chi connectivity index (χ4n) is 3.16. The molecule has 2 rings (SSSR count). The van der Waals surface area contributed by atoms with Crippen molar-refractivity contribution >= 4 is 11.9 Å². The van der Waals surface area contributed by atoms with Gasteiger partial charge in [-0.1, -0.05) is 20.8 Å². The second-order valence-electron chi connectivity index (χ2n) is 6.82. The van der Waals surface area contributed by atoms with Gasteiger partial charge in [0.05, 0.1) is 0 Å². The van der Waals surface area contributed by atoms with Gasteiger partial charge in [-0.2, -0.15) is 0 Å². The maximum atomic E-state index is 6.29. The molecule has 0 atom stereocenters. The highest BCUT2D eigenvalue weighted by Crippen LogP contribution is 2.43. The summed E-state index contributed by atoms with van der Waals surface area (Å²) >= 11 is 0. The highest BCUT2D eigenvalue weighted by molar-refractivity contribution is 5.98. The van der Waals surface area contributed by atoms with E-state index in [-0.39, 0.29) is 17.8 Å². The van der Waals surface area contributed by atoms with Gasteiger partial charge in [0.2, 0.25) is 5.79 Å². The Balaban J connectivity index is 2.07. The molecule has 0 aromatic heterocycles. The number of aliphatic imine (C=N–C) groups is 2. The van der Waals surface area contributed by atoms with Crippen molar-refractivity contribution in [3.63, 3.8) is 0 Å². The predicted molar refractivity (Wildman–Crippen MR) is 78.2 cm³/mol. The molecule has 0 aromatic carbocycles. The van der Waals surface area contributed by atoms with Gasteiger partial charge in [-0.05, 0) is 37.0 Å². The molecular weight excluding hydrogens is 240 g/mol. The summed E-state index contributed by atoms with van der Waals surface area (Å²) in [5, 5.41) is 2.68. The van der Waals surface area contributed by atoms with Gasteiger partial charge in [0.1, 0.15) is 0 Å². The maximum absolute atomic E-state index is 6.29. The molecule has 0 unspecified atom stereocenters. The lowest BCUT2D eigenvalue weighted by Crippen LogP contribution is -2.56. The Bertz CT molecular complexity index is 380. The summed E-state index contributed by atoms with van der Waals surface area (Å²) in [6, 6.07) is 0. The molecule has 1 heterocycles. The summed E-state index contributed by atoms with van der Waals surface area (Å²) in [6.45, 7) is 6.90. The van der Waals surface area contributed by atoms with E-state index in [9.17, 15) is 0 Å². The van der Waals surface area contributed by atoms with E-state index in [0.717, 1.165) is 31.6 Å². The Kier molecular flexibility index (Phi) is 3.47. The molecule has 7 N–H and O–H groups in total. The van der Waals surface area contributed by atoms with Gasteiger partial charge in [-0.25, -0.2) is 9.98 Å². The zero-order chi connectivity index (χ0) is 14.3. The van der Waals surface area contributed by atoms with Crippen molar-refractivity contribution < 1.29 is 0 Å². The minimum atomic E-state index is -0.984. The molecule has 6 nitrogen and oxygen atoms in total. The van der Waals surface area contributed by atoms with Crippen molar-refractivity contribution in [2.45, 2.75) is 52.2 Å². The van der Waals surface area contributed by atoms with Crippen molar-refractivity contribution in [2.75, 3.05) is 0 Å². The number of nitrogens with zero attached hydrogens (tertiary/aromatic N) is 2. The van der Waals surface area contributed by atoms with E-state index in [2.05, 4.69) is 36.1 Å². The molecule has 0 bridgehead atoms. The van der Waals surface area contributed by atoms with Crippen LogP contribution in [0.1, 0.15) is 46.5 Å². The van der Waals surface area contributed by atoms with Crippen LogP contribution in [0, 0.1) is 17.3 Å². The second-order valence-corrected chi connectivity index (χ2v) is 6.82. The lowest BCUT2D eigenvalue weighted by Gasteiger charge is -2.41. The first-order valence-corrected chi connectivity index (χ1v) is 6.97. The number of guanidine groups is 2. The highest BCUT2D eigenvalue weighted by Gasteiger charge is 2.41. The number of hydrogen-bond donors (Lipinski definition) is 4. The molecule has 1 aliphatic heterocycles. The molecule has 0 aromatic rings. The molecule has 1 saturated carbocycles. The summed E-state index contributed by atoms with van der Waals surface area (Å²) in [6.07, 6.45) is 4.36. The number of rotatable bonds is 1. The first-order valence-electron chi connectivity index (χ1n) is 6.97. The van der Waals surface area contributed by atoms with E-state index < -0.39 is 5.79 Å². The van der Waals surface area contributed by atoms with Crippen molar-refractivity contribution in [1.29, 1.82) is 0 Å². The molecule has 19 heavy (non-hydrogen) atoms. The van der Waals surface area contributed by atoms with Crippen LogP contribution in [0.5, 0.6) is 0 Å². The van der Waals surface area contributed by atoms with Crippen LogP contribution in [-0.4, -0.2) is 17.7 Å². The molecule has 6 heteroatoms. The number of nitrogens with two attached hydrogens (primary N) is 3. The molecule has 108 valence electrons. The summed E-state index contributed by atoms with van der Waals surface area (Å²) in [4.78, 5) is 8.54. The van der Waals surface area contributed by atoms with E-state index in [1.807, 2.05) is 0 Å². The average Bonchev–Trinajstić information content (AvgIpc) is 2.26. The zero-order valence-corrected chi connectivity index (χ0v) is 12.1. The van der Waals surface area contributed by atoms with Crippen LogP contribution >= 0.6 is 0 Å². The lowest BCUT2D eigenvalue weighted by atomic mass is 9.68. The van der Waals surface area contributed by atoms with Crippen molar-refractivity contribution in [3.8, 4) is 0 Å².